The van der Waals surface area contributed by atoms with E-state index in [0.717, 1.165) is 0 Å². The maximum Gasteiger partial charge on any atom is 0.292 e. The Morgan fingerprint density at radius 3 is 2.68 bits per heavy atom. The Bertz CT molecular complexity index is 628. The third-order valence-corrected chi connectivity index (χ3v) is 2.43. The van der Waals surface area contributed by atoms with E-state index in [4.69, 9.17) is 5.73 Å². The molecule has 0 unspecified atom stereocenters. The summed E-state index contributed by atoms with van der Waals surface area (Å²) in [5.74, 6) is -0.196. The summed E-state index contributed by atoms with van der Waals surface area (Å²) in [5, 5.41) is 13.2. The molecule has 96 valence electrons. The zero-order chi connectivity index (χ0) is 13.8. The van der Waals surface area contributed by atoms with Gasteiger partial charge >= 0.3 is 0 Å². The maximum absolute atomic E-state index is 12.0. The molecule has 0 atom stereocenters. The van der Waals surface area contributed by atoms with Gasteiger partial charge in [0.2, 0.25) is 0 Å². The summed E-state index contributed by atoms with van der Waals surface area (Å²) in [5.41, 5.74) is 5.19. The first kappa shape index (κ1) is 12.5. The fourth-order valence-corrected chi connectivity index (χ4v) is 1.53. The van der Waals surface area contributed by atoms with E-state index >= 15 is 0 Å². The van der Waals surface area contributed by atoms with Crippen LogP contribution < -0.4 is 11.1 Å². The van der Waals surface area contributed by atoms with E-state index in [0.29, 0.717) is 5.82 Å². The summed E-state index contributed by atoms with van der Waals surface area (Å²) in [4.78, 5) is 26.0. The van der Waals surface area contributed by atoms with Crippen LogP contribution in [-0.4, -0.2) is 15.8 Å². The number of nitro groups is 1. The zero-order valence-electron chi connectivity index (χ0n) is 9.74. The minimum Gasteiger partial charge on any atom is -0.393 e. The molecule has 0 saturated heterocycles. The van der Waals surface area contributed by atoms with Gasteiger partial charge in [0.1, 0.15) is 11.5 Å². The van der Waals surface area contributed by atoms with Crippen LogP contribution in [0.1, 0.15) is 10.4 Å². The molecule has 0 aliphatic carbocycles. The summed E-state index contributed by atoms with van der Waals surface area (Å²) in [6.45, 7) is 0. The van der Waals surface area contributed by atoms with Crippen molar-refractivity contribution in [2.75, 3.05) is 11.1 Å². The minimum absolute atomic E-state index is 0.0415. The number of carbonyl (C=O) groups is 1. The van der Waals surface area contributed by atoms with Gasteiger partial charge in [0.05, 0.1) is 10.5 Å². The van der Waals surface area contributed by atoms with Gasteiger partial charge in [0, 0.05) is 12.3 Å². The van der Waals surface area contributed by atoms with Gasteiger partial charge in [-0.1, -0.05) is 12.1 Å². The number of benzene rings is 1. The van der Waals surface area contributed by atoms with Gasteiger partial charge in [-0.3, -0.25) is 14.9 Å². The fraction of sp³-hybridized carbons (Fsp3) is 0. The highest BCUT2D eigenvalue weighted by molar-refractivity contribution is 6.08. The number of nitro benzene ring substituents is 1. The largest absolute Gasteiger partial charge is 0.393 e. The third kappa shape index (κ3) is 2.65. The van der Waals surface area contributed by atoms with E-state index < -0.39 is 10.8 Å². The number of nitrogens with zero attached hydrogens (tertiary/aromatic N) is 2. The lowest BCUT2D eigenvalue weighted by Crippen LogP contribution is -2.15. The van der Waals surface area contributed by atoms with Gasteiger partial charge in [-0.2, -0.15) is 0 Å². The van der Waals surface area contributed by atoms with Crippen LogP contribution in [0.25, 0.3) is 0 Å². The maximum atomic E-state index is 12.0. The smallest absolute Gasteiger partial charge is 0.292 e. The number of para-hydroxylation sites is 1. The van der Waals surface area contributed by atoms with Crippen molar-refractivity contribution in [2.45, 2.75) is 0 Å². The van der Waals surface area contributed by atoms with Crippen LogP contribution in [0.2, 0.25) is 0 Å². The molecule has 0 radical (unpaired) electrons. The quantitative estimate of drug-likeness (QED) is 0.495. The molecule has 2 aromatic rings. The molecule has 19 heavy (non-hydrogen) atoms. The standard InChI is InChI=1S/C12H10N4O3/c13-11-8(4-3-5-9(11)16(18)19)12(17)15-10-6-1-2-7-14-10/h1-7H,13H2,(H,14,15,17). The highest BCUT2D eigenvalue weighted by Gasteiger charge is 2.19. The molecule has 1 amide bonds. The predicted molar refractivity (Wildman–Crippen MR) is 69.7 cm³/mol. The Labute approximate surface area is 108 Å². The van der Waals surface area contributed by atoms with Crippen molar-refractivity contribution in [3.05, 3.63) is 58.3 Å². The monoisotopic (exact) mass is 258 g/mol. The average Bonchev–Trinajstić information content (AvgIpc) is 2.39. The van der Waals surface area contributed by atoms with Crippen molar-refractivity contribution in [1.82, 2.24) is 4.98 Å². The Kier molecular flexibility index (Phi) is 3.37. The van der Waals surface area contributed by atoms with Crippen molar-refractivity contribution in [1.29, 1.82) is 0 Å². The van der Waals surface area contributed by atoms with Gasteiger partial charge in [-0.05, 0) is 18.2 Å². The second-order valence-corrected chi connectivity index (χ2v) is 3.66. The van der Waals surface area contributed by atoms with Crippen LogP contribution in [0.4, 0.5) is 17.2 Å². The zero-order valence-corrected chi connectivity index (χ0v) is 9.74. The topological polar surface area (TPSA) is 111 Å². The van der Waals surface area contributed by atoms with Crippen molar-refractivity contribution < 1.29 is 9.72 Å². The molecule has 0 fully saturated rings. The summed E-state index contributed by atoms with van der Waals surface area (Å²) in [6.07, 6.45) is 1.52. The number of rotatable bonds is 3. The second kappa shape index (κ2) is 5.13. The number of aromatic nitrogens is 1. The van der Waals surface area contributed by atoms with Crippen LogP contribution in [-0.2, 0) is 0 Å². The molecule has 1 aromatic heterocycles. The van der Waals surface area contributed by atoms with Crippen molar-refractivity contribution in [3.63, 3.8) is 0 Å². The van der Waals surface area contributed by atoms with Gasteiger partial charge in [0.25, 0.3) is 11.6 Å². The van der Waals surface area contributed by atoms with E-state index in [9.17, 15) is 14.9 Å². The third-order valence-electron chi connectivity index (χ3n) is 2.43. The molecular formula is C12H10N4O3. The lowest BCUT2D eigenvalue weighted by atomic mass is 10.1. The molecule has 0 saturated carbocycles. The van der Waals surface area contributed by atoms with Crippen LogP contribution in [0.5, 0.6) is 0 Å². The highest BCUT2D eigenvalue weighted by Crippen LogP contribution is 2.25. The van der Waals surface area contributed by atoms with Crippen LogP contribution in [0.15, 0.2) is 42.6 Å². The van der Waals surface area contributed by atoms with Crippen LogP contribution in [0, 0.1) is 10.1 Å². The predicted octanol–water partition coefficient (Wildman–Crippen LogP) is 1.82. The number of carbonyl (C=O) groups excluding carboxylic acids is 1. The summed E-state index contributed by atoms with van der Waals surface area (Å²) < 4.78 is 0. The van der Waals surface area contributed by atoms with E-state index in [1.54, 1.807) is 18.2 Å². The molecule has 0 aliphatic heterocycles. The fourth-order valence-electron chi connectivity index (χ4n) is 1.53. The minimum atomic E-state index is -0.632. The van der Waals surface area contributed by atoms with Gasteiger partial charge in [-0.15, -0.1) is 0 Å². The Morgan fingerprint density at radius 2 is 2.05 bits per heavy atom. The van der Waals surface area contributed by atoms with Gasteiger partial charge in [-0.25, -0.2) is 4.98 Å². The number of hydrogen-bond donors (Lipinski definition) is 2. The molecular weight excluding hydrogens is 248 g/mol. The molecule has 0 spiro atoms. The SMILES string of the molecule is Nc1c(C(=O)Nc2ccccn2)cccc1[N+](=O)[O-]. The van der Waals surface area contributed by atoms with E-state index in [1.165, 1.54) is 24.4 Å². The van der Waals surface area contributed by atoms with Crippen molar-refractivity contribution >= 4 is 23.1 Å². The first-order valence-electron chi connectivity index (χ1n) is 5.35. The molecule has 7 nitrogen and oxygen atoms in total. The average molecular weight is 258 g/mol. The number of amides is 1. The molecule has 2 rings (SSSR count). The number of nitrogens with two attached hydrogens (primary N) is 1. The van der Waals surface area contributed by atoms with Gasteiger partial charge in [0.15, 0.2) is 0 Å². The summed E-state index contributed by atoms with van der Waals surface area (Å²) >= 11 is 0. The first-order valence-corrected chi connectivity index (χ1v) is 5.35. The molecule has 0 aliphatic rings. The molecule has 0 bridgehead atoms. The van der Waals surface area contributed by atoms with E-state index in [1.807, 2.05) is 0 Å². The second-order valence-electron chi connectivity index (χ2n) is 3.66. The number of pyridine rings is 1. The number of nitrogens with one attached hydrogen (secondary N) is 1. The molecule has 7 heteroatoms. The van der Waals surface area contributed by atoms with Crippen molar-refractivity contribution in [3.8, 4) is 0 Å². The molecule has 3 N–H and O–H groups in total. The number of hydrogen-bond acceptors (Lipinski definition) is 5. The Balaban J connectivity index is 2.30. The number of anilines is 2. The van der Waals surface area contributed by atoms with Crippen LogP contribution in [0.3, 0.4) is 0 Å². The number of nitrogen functional groups attached to an aromatic ring is 1. The Hall–Kier alpha value is -2.96. The summed E-state index contributed by atoms with van der Waals surface area (Å²) in [7, 11) is 0. The lowest BCUT2D eigenvalue weighted by Gasteiger charge is -2.06. The van der Waals surface area contributed by atoms with E-state index in [-0.39, 0.29) is 16.9 Å². The molecule has 1 heterocycles. The first-order chi connectivity index (χ1) is 9.09. The van der Waals surface area contributed by atoms with Gasteiger partial charge < -0.3 is 11.1 Å². The molecule has 1 aromatic carbocycles. The van der Waals surface area contributed by atoms with E-state index in [2.05, 4.69) is 10.3 Å². The van der Waals surface area contributed by atoms with Crippen LogP contribution >= 0.6 is 0 Å². The highest BCUT2D eigenvalue weighted by atomic mass is 16.6. The summed E-state index contributed by atoms with van der Waals surface area (Å²) in [6, 6.07) is 9.08. The Morgan fingerprint density at radius 1 is 1.26 bits per heavy atom. The normalized spacial score (nSPS) is 9.89. The lowest BCUT2D eigenvalue weighted by molar-refractivity contribution is -0.383. The van der Waals surface area contributed by atoms with Crippen molar-refractivity contribution in [2.24, 2.45) is 0 Å².